The number of hydrogen-bond acceptors (Lipinski definition) is 2. The van der Waals surface area contributed by atoms with E-state index in [-0.39, 0.29) is 11.5 Å². The summed E-state index contributed by atoms with van der Waals surface area (Å²) in [6.45, 7) is 19.0. The Morgan fingerprint density at radius 2 is 1.53 bits per heavy atom. The first-order chi connectivity index (χ1) is 14.7. The summed E-state index contributed by atoms with van der Waals surface area (Å²) >= 11 is 0. The molecule has 4 aliphatic rings. The van der Waals surface area contributed by atoms with Crippen molar-refractivity contribution in [3.63, 3.8) is 0 Å². The molecular weight excluding hydrogens is 392 g/mol. The summed E-state index contributed by atoms with van der Waals surface area (Å²) in [4.78, 5) is 0. The normalized spacial score (nSPS) is 49.4. The summed E-state index contributed by atoms with van der Waals surface area (Å²) in [5.74, 6) is 2.45. The summed E-state index contributed by atoms with van der Waals surface area (Å²) in [7, 11) is 0. The van der Waals surface area contributed by atoms with Gasteiger partial charge in [-0.2, -0.15) is 0 Å². The third-order valence-electron chi connectivity index (χ3n) is 12.4. The Morgan fingerprint density at radius 1 is 0.875 bits per heavy atom. The second-order valence-corrected chi connectivity index (χ2v) is 14.4. The van der Waals surface area contributed by atoms with Gasteiger partial charge in [-0.15, -0.1) is 0 Å². The van der Waals surface area contributed by atoms with Gasteiger partial charge in [0.05, 0.1) is 11.7 Å². The summed E-state index contributed by atoms with van der Waals surface area (Å²) in [6, 6.07) is 0. The fourth-order valence-corrected chi connectivity index (χ4v) is 10.3. The zero-order valence-corrected chi connectivity index (χ0v) is 22.4. The smallest absolute Gasteiger partial charge is 0.0653 e. The number of rotatable bonds is 4. The Kier molecular flexibility index (Phi) is 6.07. The molecule has 4 aliphatic carbocycles. The quantitative estimate of drug-likeness (QED) is 0.440. The molecule has 0 unspecified atom stereocenters. The Morgan fingerprint density at radius 3 is 2.19 bits per heavy atom. The highest BCUT2D eigenvalue weighted by atomic mass is 16.3. The van der Waals surface area contributed by atoms with Crippen molar-refractivity contribution >= 4 is 0 Å². The summed E-state index contributed by atoms with van der Waals surface area (Å²) in [5.41, 5.74) is 1.84. The molecule has 4 fully saturated rings. The van der Waals surface area contributed by atoms with Crippen molar-refractivity contribution in [3.8, 4) is 0 Å². The van der Waals surface area contributed by atoms with Crippen molar-refractivity contribution in [3.05, 3.63) is 11.6 Å². The number of hydrogen-bond donors (Lipinski definition) is 2. The molecule has 0 amide bonds. The Balaban J connectivity index is 1.61. The molecule has 4 rings (SSSR count). The van der Waals surface area contributed by atoms with E-state index in [1.165, 1.54) is 50.5 Å². The zero-order chi connectivity index (χ0) is 23.7. The van der Waals surface area contributed by atoms with Crippen LogP contribution in [0.5, 0.6) is 0 Å². The molecule has 2 N–H and O–H groups in total. The molecule has 0 aromatic carbocycles. The largest absolute Gasteiger partial charge is 0.393 e. The number of allylic oxidation sites excluding steroid dienone is 2. The lowest BCUT2D eigenvalue weighted by Crippen LogP contribution is -2.64. The van der Waals surface area contributed by atoms with E-state index in [1.807, 2.05) is 0 Å². The van der Waals surface area contributed by atoms with E-state index >= 15 is 0 Å². The second-order valence-electron chi connectivity index (χ2n) is 14.4. The van der Waals surface area contributed by atoms with Gasteiger partial charge in [0.25, 0.3) is 0 Å². The second kappa shape index (κ2) is 7.84. The highest BCUT2D eigenvalue weighted by Crippen LogP contribution is 2.75. The molecule has 0 aromatic rings. The first kappa shape index (κ1) is 24.8. The van der Waals surface area contributed by atoms with Crippen LogP contribution >= 0.6 is 0 Å². The van der Waals surface area contributed by atoms with Crippen molar-refractivity contribution in [2.45, 2.75) is 131 Å². The Bertz CT molecular complexity index is 746. The van der Waals surface area contributed by atoms with E-state index in [0.717, 1.165) is 25.2 Å². The number of aliphatic hydroxyl groups is 2. The van der Waals surface area contributed by atoms with Crippen LogP contribution in [0.3, 0.4) is 0 Å². The third kappa shape index (κ3) is 3.40. The minimum Gasteiger partial charge on any atom is -0.393 e. The Hall–Kier alpha value is -0.340. The summed E-state index contributed by atoms with van der Waals surface area (Å²) in [6.07, 6.45) is 13.8. The van der Waals surface area contributed by atoms with Crippen LogP contribution in [-0.2, 0) is 0 Å². The van der Waals surface area contributed by atoms with Crippen LogP contribution in [0.25, 0.3) is 0 Å². The molecule has 9 atom stereocenters. The molecule has 0 aliphatic heterocycles. The van der Waals surface area contributed by atoms with E-state index in [1.54, 1.807) is 0 Å². The average Bonchev–Trinajstić information content (AvgIpc) is 3.04. The van der Waals surface area contributed by atoms with E-state index in [4.69, 9.17) is 0 Å². The highest BCUT2D eigenvalue weighted by molar-refractivity contribution is 5.18. The van der Waals surface area contributed by atoms with E-state index in [0.29, 0.717) is 34.0 Å². The average molecular weight is 445 g/mol. The van der Waals surface area contributed by atoms with E-state index < -0.39 is 5.60 Å². The van der Waals surface area contributed by atoms with Crippen molar-refractivity contribution in [2.75, 3.05) is 0 Å². The van der Waals surface area contributed by atoms with Crippen LogP contribution in [-0.4, -0.2) is 21.9 Å². The van der Waals surface area contributed by atoms with Crippen molar-refractivity contribution in [1.82, 2.24) is 0 Å². The van der Waals surface area contributed by atoms with Gasteiger partial charge in [-0.05, 0) is 130 Å². The molecule has 184 valence electrons. The first-order valence-corrected chi connectivity index (χ1v) is 13.7. The van der Waals surface area contributed by atoms with Crippen molar-refractivity contribution in [2.24, 2.45) is 45.3 Å². The van der Waals surface area contributed by atoms with Crippen molar-refractivity contribution in [1.29, 1.82) is 0 Å². The predicted octanol–water partition coefficient (Wildman–Crippen LogP) is 7.53. The lowest BCUT2D eigenvalue weighted by Gasteiger charge is -2.70. The Labute approximate surface area is 198 Å². The monoisotopic (exact) mass is 444 g/mol. The molecule has 4 saturated carbocycles. The van der Waals surface area contributed by atoms with Gasteiger partial charge in [-0.25, -0.2) is 0 Å². The van der Waals surface area contributed by atoms with Gasteiger partial charge >= 0.3 is 0 Å². The molecule has 32 heavy (non-hydrogen) atoms. The molecule has 0 aromatic heterocycles. The van der Waals surface area contributed by atoms with Crippen molar-refractivity contribution < 1.29 is 10.2 Å². The summed E-state index contributed by atoms with van der Waals surface area (Å²) in [5, 5.41) is 22.5. The van der Waals surface area contributed by atoms with Crippen LogP contribution in [0.1, 0.15) is 120 Å². The molecule has 0 spiro atoms. The van der Waals surface area contributed by atoms with Gasteiger partial charge in [0, 0.05) is 0 Å². The van der Waals surface area contributed by atoms with Crippen LogP contribution < -0.4 is 0 Å². The fraction of sp³-hybridized carbons (Fsp3) is 0.933. The minimum absolute atomic E-state index is 0.0267. The molecule has 2 nitrogen and oxygen atoms in total. The van der Waals surface area contributed by atoms with Gasteiger partial charge in [-0.1, -0.05) is 46.3 Å². The molecule has 0 heterocycles. The maximum absolute atomic E-state index is 11.6. The molecule has 2 heteroatoms. The van der Waals surface area contributed by atoms with Gasteiger partial charge in [0.2, 0.25) is 0 Å². The number of aliphatic hydroxyl groups excluding tert-OH is 1. The van der Waals surface area contributed by atoms with Gasteiger partial charge < -0.3 is 10.2 Å². The minimum atomic E-state index is -0.560. The van der Waals surface area contributed by atoms with E-state index in [9.17, 15) is 10.2 Å². The van der Waals surface area contributed by atoms with Crippen LogP contribution in [0.2, 0.25) is 0 Å². The zero-order valence-electron chi connectivity index (χ0n) is 22.4. The van der Waals surface area contributed by atoms with Gasteiger partial charge in [-0.3, -0.25) is 0 Å². The van der Waals surface area contributed by atoms with Gasteiger partial charge in [0.15, 0.2) is 0 Å². The molecule has 0 saturated heterocycles. The molecule has 0 bridgehead atoms. The maximum atomic E-state index is 11.6. The topological polar surface area (TPSA) is 40.5 Å². The number of fused-ring (bicyclic) bond motifs is 5. The molecular formula is C30H52O2. The van der Waals surface area contributed by atoms with Crippen LogP contribution in [0.15, 0.2) is 11.6 Å². The highest BCUT2D eigenvalue weighted by Gasteiger charge is 2.69. The lowest BCUT2D eigenvalue weighted by molar-refractivity contribution is -0.225. The predicted molar refractivity (Wildman–Crippen MR) is 134 cm³/mol. The van der Waals surface area contributed by atoms with Crippen LogP contribution in [0, 0.1) is 45.3 Å². The third-order valence-corrected chi connectivity index (χ3v) is 12.4. The van der Waals surface area contributed by atoms with Crippen LogP contribution in [0.4, 0.5) is 0 Å². The standard InChI is InChI=1S/C30H52O2/c1-20(2)10-9-16-30(8,32)22-13-18-28(6)21(22)11-12-24-27(5)17-15-25(31)26(3,4)23(27)14-19-29(24,28)7/h10,21-25,31-32H,9,11-19H2,1-8H3/t21-,22-,23+,24-,25+,27+,28+,29-,30+/m1/s1. The lowest BCUT2D eigenvalue weighted by atomic mass is 9.35. The fourth-order valence-electron chi connectivity index (χ4n) is 10.3. The SMILES string of the molecule is CC(C)=CCC[C@](C)(O)[C@@H]1CC[C@@]2(C)[C@@H]1CC[C@@H]1[C@@]3(C)CC[C@H](O)C(C)(C)[C@@H]3CC[C@]12C. The van der Waals surface area contributed by atoms with Gasteiger partial charge in [0.1, 0.15) is 0 Å². The molecule has 0 radical (unpaired) electrons. The maximum Gasteiger partial charge on any atom is 0.0653 e. The van der Waals surface area contributed by atoms with E-state index in [2.05, 4.69) is 61.5 Å². The summed E-state index contributed by atoms with van der Waals surface area (Å²) < 4.78 is 0. The first-order valence-electron chi connectivity index (χ1n) is 13.7.